The van der Waals surface area contributed by atoms with Gasteiger partial charge in [-0.1, -0.05) is 39.7 Å². The van der Waals surface area contributed by atoms with E-state index in [1.165, 1.54) is 0 Å². The summed E-state index contributed by atoms with van der Waals surface area (Å²) in [7, 11) is 0. The first kappa shape index (κ1) is 11.6. The molecule has 0 heterocycles. The van der Waals surface area contributed by atoms with Gasteiger partial charge in [-0.25, -0.2) is 8.78 Å². The third kappa shape index (κ3) is 3.05. The van der Waals surface area contributed by atoms with Gasteiger partial charge in [-0.15, -0.1) is 0 Å². The van der Waals surface area contributed by atoms with Crippen molar-refractivity contribution in [3.05, 3.63) is 34.9 Å². The normalized spacial score (nSPS) is 10.9. The predicted molar refractivity (Wildman–Crippen MR) is 58.3 cm³/mol. The van der Waals surface area contributed by atoms with Crippen LogP contribution in [0.3, 0.4) is 0 Å². The molecule has 0 atom stereocenters. The van der Waals surface area contributed by atoms with E-state index in [1.54, 1.807) is 12.1 Å². The van der Waals surface area contributed by atoms with Crippen LogP contribution < -0.4 is 0 Å². The second-order valence-electron chi connectivity index (χ2n) is 3.30. The van der Waals surface area contributed by atoms with Crippen LogP contribution >= 0.6 is 15.9 Å². The molecule has 14 heavy (non-hydrogen) atoms. The molecule has 0 N–H and O–H groups in total. The molecule has 0 saturated heterocycles. The van der Waals surface area contributed by atoms with Crippen LogP contribution in [0.5, 0.6) is 0 Å². The van der Waals surface area contributed by atoms with E-state index in [9.17, 15) is 8.78 Å². The van der Waals surface area contributed by atoms with Crippen molar-refractivity contribution in [2.45, 2.75) is 26.2 Å². The molecule has 0 bridgehead atoms. The Morgan fingerprint density at radius 1 is 1.36 bits per heavy atom. The van der Waals surface area contributed by atoms with E-state index in [2.05, 4.69) is 15.9 Å². The Balaban J connectivity index is 2.90. The molecular weight excluding hydrogens is 250 g/mol. The third-order valence-corrected chi connectivity index (χ3v) is 2.68. The van der Waals surface area contributed by atoms with E-state index < -0.39 is 6.43 Å². The minimum absolute atomic E-state index is 0.186. The highest BCUT2D eigenvalue weighted by Gasteiger charge is 2.12. The number of hydrogen-bond acceptors (Lipinski definition) is 0. The van der Waals surface area contributed by atoms with Gasteiger partial charge in [0.15, 0.2) is 0 Å². The van der Waals surface area contributed by atoms with Crippen molar-refractivity contribution in [2.24, 2.45) is 0 Å². The first-order chi connectivity index (χ1) is 6.65. The maximum atomic E-state index is 12.6. The van der Waals surface area contributed by atoms with E-state index >= 15 is 0 Å². The largest absolute Gasteiger partial charge is 0.264 e. The lowest BCUT2D eigenvalue weighted by Crippen LogP contribution is -1.96. The van der Waals surface area contributed by atoms with Crippen LogP contribution in [0.4, 0.5) is 8.78 Å². The van der Waals surface area contributed by atoms with E-state index in [0.717, 1.165) is 22.9 Å². The summed E-state index contributed by atoms with van der Waals surface area (Å²) in [6.07, 6.45) is -0.756. The Kier molecular flexibility index (Phi) is 4.52. The van der Waals surface area contributed by atoms with Crippen molar-refractivity contribution >= 4 is 15.9 Å². The van der Waals surface area contributed by atoms with Crippen molar-refractivity contribution in [3.63, 3.8) is 0 Å². The summed E-state index contributed by atoms with van der Waals surface area (Å²) >= 11 is 3.30. The number of aryl methyl sites for hydroxylation is 2. The van der Waals surface area contributed by atoms with Crippen LogP contribution in [0.25, 0.3) is 0 Å². The lowest BCUT2D eigenvalue weighted by Gasteiger charge is -2.08. The number of halogens is 3. The molecular formula is C11H13BrF2. The average Bonchev–Trinajstić information content (AvgIpc) is 2.15. The molecule has 1 rings (SSSR count). The summed E-state index contributed by atoms with van der Waals surface area (Å²) in [5.74, 6) is 0. The molecule has 0 aliphatic heterocycles. The topological polar surface area (TPSA) is 0 Å². The van der Waals surface area contributed by atoms with Crippen molar-refractivity contribution in [3.8, 4) is 0 Å². The van der Waals surface area contributed by atoms with Gasteiger partial charge >= 0.3 is 0 Å². The maximum Gasteiger partial charge on any atom is 0.264 e. The smallest absolute Gasteiger partial charge is 0.205 e. The molecule has 0 amide bonds. The summed E-state index contributed by atoms with van der Waals surface area (Å²) in [5, 5.41) is 0.851. The number of benzene rings is 1. The van der Waals surface area contributed by atoms with Crippen LogP contribution in [0, 0.1) is 6.92 Å². The molecule has 0 nitrogen and oxygen atoms in total. The summed E-state index contributed by atoms with van der Waals surface area (Å²) in [6, 6.07) is 5.27. The molecule has 1 aromatic rings. The van der Waals surface area contributed by atoms with Crippen LogP contribution in [0.1, 0.15) is 29.5 Å². The quantitative estimate of drug-likeness (QED) is 0.712. The van der Waals surface area contributed by atoms with Gasteiger partial charge in [-0.2, -0.15) is 0 Å². The zero-order chi connectivity index (χ0) is 10.6. The molecule has 3 heteroatoms. The molecule has 0 saturated carbocycles. The summed E-state index contributed by atoms with van der Waals surface area (Å²) < 4.78 is 25.2. The van der Waals surface area contributed by atoms with Crippen molar-refractivity contribution in [1.82, 2.24) is 0 Å². The summed E-state index contributed by atoms with van der Waals surface area (Å²) in [5.41, 5.74) is 1.85. The van der Waals surface area contributed by atoms with E-state index in [4.69, 9.17) is 0 Å². The molecule has 0 unspecified atom stereocenters. The number of hydrogen-bond donors (Lipinski definition) is 0. The van der Waals surface area contributed by atoms with Gasteiger partial charge in [0.25, 0.3) is 6.43 Å². The van der Waals surface area contributed by atoms with Gasteiger partial charge in [0.05, 0.1) is 0 Å². The van der Waals surface area contributed by atoms with Crippen LogP contribution in [0.15, 0.2) is 18.2 Å². The molecule has 0 aliphatic rings. The molecule has 78 valence electrons. The standard InChI is InChI=1S/C11H13BrF2/c1-8-4-5-9(3-2-6-12)10(7-8)11(13)14/h4-5,7,11H,2-3,6H2,1H3. The molecule has 0 aromatic heterocycles. The molecule has 0 radical (unpaired) electrons. The zero-order valence-electron chi connectivity index (χ0n) is 8.06. The Bertz CT molecular complexity index is 297. The van der Waals surface area contributed by atoms with Crippen molar-refractivity contribution < 1.29 is 8.78 Å². The van der Waals surface area contributed by atoms with Crippen molar-refractivity contribution in [2.75, 3.05) is 5.33 Å². The molecule has 0 aliphatic carbocycles. The fraction of sp³-hybridized carbons (Fsp3) is 0.455. The van der Waals surface area contributed by atoms with Crippen LogP contribution in [-0.2, 0) is 6.42 Å². The molecule has 0 spiro atoms. The number of rotatable bonds is 4. The fourth-order valence-electron chi connectivity index (χ4n) is 1.40. The predicted octanol–water partition coefficient (Wildman–Crippen LogP) is 4.26. The summed E-state index contributed by atoms with van der Waals surface area (Å²) in [6.45, 7) is 1.83. The van der Waals surface area contributed by atoms with Gasteiger partial charge in [0.2, 0.25) is 0 Å². The minimum Gasteiger partial charge on any atom is -0.205 e. The van der Waals surface area contributed by atoms with Crippen molar-refractivity contribution in [1.29, 1.82) is 0 Å². The second kappa shape index (κ2) is 5.44. The van der Waals surface area contributed by atoms with Crippen LogP contribution in [-0.4, -0.2) is 5.33 Å². The van der Waals surface area contributed by atoms with E-state index in [1.807, 2.05) is 13.0 Å². The third-order valence-electron chi connectivity index (χ3n) is 2.12. The van der Waals surface area contributed by atoms with Gasteiger partial charge in [-0.3, -0.25) is 0 Å². The first-order valence-corrected chi connectivity index (χ1v) is 5.71. The minimum atomic E-state index is -2.36. The lowest BCUT2D eigenvalue weighted by molar-refractivity contribution is 0.150. The Morgan fingerprint density at radius 3 is 2.64 bits per heavy atom. The second-order valence-corrected chi connectivity index (χ2v) is 4.09. The first-order valence-electron chi connectivity index (χ1n) is 4.58. The van der Waals surface area contributed by atoms with Gasteiger partial charge in [-0.05, 0) is 25.3 Å². The Morgan fingerprint density at radius 2 is 2.07 bits per heavy atom. The Labute approximate surface area is 91.5 Å². The molecule has 1 aromatic carbocycles. The summed E-state index contributed by atoms with van der Waals surface area (Å²) in [4.78, 5) is 0. The average molecular weight is 263 g/mol. The highest BCUT2D eigenvalue weighted by Crippen LogP contribution is 2.25. The molecule has 0 fully saturated rings. The Hall–Kier alpha value is -0.440. The monoisotopic (exact) mass is 262 g/mol. The zero-order valence-corrected chi connectivity index (χ0v) is 9.65. The van der Waals surface area contributed by atoms with E-state index in [-0.39, 0.29) is 5.56 Å². The SMILES string of the molecule is Cc1ccc(CCCBr)c(C(F)F)c1. The van der Waals surface area contributed by atoms with Crippen LogP contribution in [0.2, 0.25) is 0 Å². The lowest BCUT2D eigenvalue weighted by atomic mass is 10.0. The van der Waals surface area contributed by atoms with E-state index in [0.29, 0.717) is 6.42 Å². The van der Waals surface area contributed by atoms with Gasteiger partial charge in [0.1, 0.15) is 0 Å². The highest BCUT2D eigenvalue weighted by atomic mass is 79.9. The highest BCUT2D eigenvalue weighted by molar-refractivity contribution is 9.09. The fourth-order valence-corrected chi connectivity index (χ4v) is 1.68. The van der Waals surface area contributed by atoms with Gasteiger partial charge < -0.3 is 0 Å². The maximum absolute atomic E-state index is 12.6. The van der Waals surface area contributed by atoms with Gasteiger partial charge in [0, 0.05) is 10.9 Å². The number of alkyl halides is 3.